The van der Waals surface area contributed by atoms with Crippen LogP contribution in [0.3, 0.4) is 0 Å². The molecule has 3 rings (SSSR count). The smallest absolute Gasteiger partial charge is 0.269 e. The van der Waals surface area contributed by atoms with Crippen molar-refractivity contribution in [3.63, 3.8) is 0 Å². The van der Waals surface area contributed by atoms with E-state index in [1.807, 2.05) is 6.07 Å². The maximum atomic E-state index is 13.3. The molecular weight excluding hydrogens is 321 g/mol. The Hall–Kier alpha value is -3.09. The molecule has 1 amide bonds. The molecule has 2 N–H and O–H groups in total. The number of carbonyl (C=O) groups is 1. The summed E-state index contributed by atoms with van der Waals surface area (Å²) in [6.07, 6.45) is 6.87. The molecule has 0 saturated heterocycles. The first-order valence-corrected chi connectivity index (χ1v) is 8.05. The molecule has 6 nitrogen and oxygen atoms in total. The zero-order valence-corrected chi connectivity index (χ0v) is 13.8. The lowest BCUT2D eigenvalue weighted by Gasteiger charge is -2.09. The van der Waals surface area contributed by atoms with E-state index in [2.05, 4.69) is 22.0 Å². The molecule has 0 saturated carbocycles. The molecule has 0 radical (unpaired) electrons. The molecule has 0 aliphatic heterocycles. The molecule has 0 aliphatic carbocycles. The van der Waals surface area contributed by atoms with E-state index >= 15 is 0 Å². The SMILES string of the molecule is CCCCc1c(C(N)=O)nn(-c2cccnc2)c1-c1ccc(F)cn1. The van der Waals surface area contributed by atoms with E-state index in [1.165, 1.54) is 6.07 Å². The zero-order chi connectivity index (χ0) is 17.8. The van der Waals surface area contributed by atoms with Gasteiger partial charge in [0.05, 0.1) is 29.5 Å². The fraction of sp³-hybridized carbons (Fsp3) is 0.222. The van der Waals surface area contributed by atoms with Gasteiger partial charge in [0.2, 0.25) is 0 Å². The second-order valence-corrected chi connectivity index (χ2v) is 5.63. The van der Waals surface area contributed by atoms with E-state index in [0.29, 0.717) is 23.5 Å². The van der Waals surface area contributed by atoms with Crippen LogP contribution in [0.25, 0.3) is 17.1 Å². The van der Waals surface area contributed by atoms with E-state index in [9.17, 15) is 9.18 Å². The topological polar surface area (TPSA) is 86.7 Å². The summed E-state index contributed by atoms with van der Waals surface area (Å²) in [7, 11) is 0. The maximum absolute atomic E-state index is 13.3. The van der Waals surface area contributed by atoms with Crippen LogP contribution in [0.1, 0.15) is 35.8 Å². The third-order valence-electron chi connectivity index (χ3n) is 3.86. The Labute approximate surface area is 144 Å². The summed E-state index contributed by atoms with van der Waals surface area (Å²) in [6, 6.07) is 6.49. The van der Waals surface area contributed by atoms with Gasteiger partial charge in [-0.3, -0.25) is 14.8 Å². The first-order valence-electron chi connectivity index (χ1n) is 8.05. The minimum absolute atomic E-state index is 0.207. The van der Waals surface area contributed by atoms with Gasteiger partial charge in [0.15, 0.2) is 5.69 Å². The fourth-order valence-corrected chi connectivity index (χ4v) is 2.68. The van der Waals surface area contributed by atoms with Gasteiger partial charge in [-0.25, -0.2) is 9.07 Å². The van der Waals surface area contributed by atoms with Gasteiger partial charge < -0.3 is 5.73 Å². The number of pyridine rings is 2. The Kier molecular flexibility index (Phi) is 4.83. The number of aromatic nitrogens is 4. The second-order valence-electron chi connectivity index (χ2n) is 5.63. The molecule has 0 aliphatic rings. The highest BCUT2D eigenvalue weighted by Gasteiger charge is 2.23. The molecule has 3 aromatic rings. The number of amides is 1. The highest BCUT2D eigenvalue weighted by molar-refractivity contribution is 5.94. The summed E-state index contributed by atoms with van der Waals surface area (Å²) < 4.78 is 14.9. The van der Waals surface area contributed by atoms with Crippen molar-refractivity contribution in [1.82, 2.24) is 19.7 Å². The number of carbonyl (C=O) groups excluding carboxylic acids is 1. The molecule has 0 atom stereocenters. The summed E-state index contributed by atoms with van der Waals surface area (Å²) in [4.78, 5) is 20.2. The van der Waals surface area contributed by atoms with Crippen molar-refractivity contribution in [1.29, 1.82) is 0 Å². The van der Waals surface area contributed by atoms with E-state index in [1.54, 1.807) is 29.2 Å². The highest BCUT2D eigenvalue weighted by atomic mass is 19.1. The number of rotatable bonds is 6. The van der Waals surface area contributed by atoms with Crippen LogP contribution in [-0.2, 0) is 6.42 Å². The third-order valence-corrected chi connectivity index (χ3v) is 3.86. The van der Waals surface area contributed by atoms with Crippen LogP contribution in [0.15, 0.2) is 42.9 Å². The number of primary amides is 1. The van der Waals surface area contributed by atoms with Crippen LogP contribution in [0.2, 0.25) is 0 Å². The Morgan fingerprint density at radius 3 is 2.72 bits per heavy atom. The van der Waals surface area contributed by atoms with Crippen LogP contribution in [0, 0.1) is 5.82 Å². The summed E-state index contributed by atoms with van der Waals surface area (Å²) in [5.74, 6) is -1.03. The molecule has 3 aromatic heterocycles. The molecule has 0 spiro atoms. The minimum atomic E-state index is -0.600. The Morgan fingerprint density at radius 1 is 1.28 bits per heavy atom. The lowest BCUT2D eigenvalue weighted by atomic mass is 10.0. The molecule has 0 fully saturated rings. The molecule has 0 aromatic carbocycles. The number of nitrogens with zero attached hydrogens (tertiary/aromatic N) is 4. The first kappa shape index (κ1) is 16.8. The van der Waals surface area contributed by atoms with Crippen molar-refractivity contribution in [2.45, 2.75) is 26.2 Å². The Morgan fingerprint density at radius 2 is 2.12 bits per heavy atom. The molecule has 25 heavy (non-hydrogen) atoms. The van der Waals surface area contributed by atoms with Crippen molar-refractivity contribution >= 4 is 5.91 Å². The normalized spacial score (nSPS) is 10.8. The fourth-order valence-electron chi connectivity index (χ4n) is 2.68. The van der Waals surface area contributed by atoms with Crippen LogP contribution >= 0.6 is 0 Å². The predicted molar refractivity (Wildman–Crippen MR) is 91.7 cm³/mol. The minimum Gasteiger partial charge on any atom is -0.364 e. The third kappa shape index (κ3) is 3.40. The Balaban J connectivity index is 2.26. The number of hydrogen-bond donors (Lipinski definition) is 1. The van der Waals surface area contributed by atoms with Crippen LogP contribution < -0.4 is 5.73 Å². The molecule has 0 unspecified atom stereocenters. The lowest BCUT2D eigenvalue weighted by molar-refractivity contribution is 0.0994. The number of nitrogens with two attached hydrogens (primary N) is 1. The average molecular weight is 339 g/mol. The van der Waals surface area contributed by atoms with Crippen LogP contribution in [-0.4, -0.2) is 25.7 Å². The first-order chi connectivity index (χ1) is 12.1. The molecule has 0 bridgehead atoms. The van der Waals surface area contributed by atoms with E-state index < -0.39 is 11.7 Å². The molecule has 7 heteroatoms. The van der Waals surface area contributed by atoms with Crippen molar-refractivity contribution in [3.05, 3.63) is 59.9 Å². The predicted octanol–water partition coefficient (Wildman–Crippen LogP) is 2.91. The van der Waals surface area contributed by atoms with E-state index in [-0.39, 0.29) is 5.69 Å². The van der Waals surface area contributed by atoms with Gasteiger partial charge in [0, 0.05) is 11.8 Å². The van der Waals surface area contributed by atoms with Gasteiger partial charge in [0.25, 0.3) is 5.91 Å². The summed E-state index contributed by atoms with van der Waals surface area (Å²) in [6.45, 7) is 2.06. The van der Waals surface area contributed by atoms with Gasteiger partial charge in [-0.05, 0) is 37.1 Å². The van der Waals surface area contributed by atoms with Crippen LogP contribution in [0.4, 0.5) is 4.39 Å². The van der Waals surface area contributed by atoms with Gasteiger partial charge >= 0.3 is 0 Å². The molecule has 128 valence electrons. The number of halogens is 1. The van der Waals surface area contributed by atoms with Crippen molar-refractivity contribution in [2.75, 3.05) is 0 Å². The standard InChI is InChI=1S/C18H18FN5O/c1-2-3-6-14-16(18(20)25)23-24(13-5-4-9-21-11-13)17(14)15-8-7-12(19)10-22-15/h4-5,7-11H,2-3,6H2,1H3,(H2,20,25). The van der Waals surface area contributed by atoms with Crippen molar-refractivity contribution < 1.29 is 9.18 Å². The maximum Gasteiger partial charge on any atom is 0.269 e. The van der Waals surface area contributed by atoms with Gasteiger partial charge in [-0.2, -0.15) is 5.10 Å². The monoisotopic (exact) mass is 339 g/mol. The zero-order valence-electron chi connectivity index (χ0n) is 13.8. The summed E-state index contributed by atoms with van der Waals surface area (Å²) in [5.41, 5.74) is 8.30. The second kappa shape index (κ2) is 7.21. The summed E-state index contributed by atoms with van der Waals surface area (Å²) in [5, 5.41) is 4.40. The van der Waals surface area contributed by atoms with Crippen LogP contribution in [0.5, 0.6) is 0 Å². The quantitative estimate of drug-likeness (QED) is 0.748. The highest BCUT2D eigenvalue weighted by Crippen LogP contribution is 2.29. The van der Waals surface area contributed by atoms with Crippen molar-refractivity contribution in [3.8, 4) is 17.1 Å². The largest absolute Gasteiger partial charge is 0.364 e. The summed E-state index contributed by atoms with van der Waals surface area (Å²) >= 11 is 0. The van der Waals surface area contributed by atoms with Gasteiger partial charge in [-0.1, -0.05) is 13.3 Å². The Bertz CT molecular complexity index is 874. The van der Waals surface area contributed by atoms with E-state index in [0.717, 1.165) is 24.6 Å². The van der Waals surface area contributed by atoms with Crippen molar-refractivity contribution in [2.24, 2.45) is 5.73 Å². The molecule has 3 heterocycles. The van der Waals surface area contributed by atoms with Gasteiger partial charge in [0.1, 0.15) is 5.82 Å². The lowest BCUT2D eigenvalue weighted by Crippen LogP contribution is -2.14. The number of hydrogen-bond acceptors (Lipinski definition) is 4. The molecular formula is C18H18FN5O. The van der Waals surface area contributed by atoms with E-state index in [4.69, 9.17) is 5.73 Å². The average Bonchev–Trinajstić information content (AvgIpc) is 3.01. The number of unbranched alkanes of at least 4 members (excludes halogenated alkanes) is 1. The van der Waals surface area contributed by atoms with Gasteiger partial charge in [-0.15, -0.1) is 0 Å².